The molecular weight excluding hydrogens is 490 g/mol. The maximum absolute atomic E-state index is 13.3. The molecule has 3 heterocycles. The molecule has 10 heteroatoms. The molecular formula is C27H25N5O4S. The van der Waals surface area contributed by atoms with E-state index in [2.05, 4.69) is 27.5 Å². The number of amides is 3. The third kappa shape index (κ3) is 5.49. The lowest BCUT2D eigenvalue weighted by molar-refractivity contribution is -0.128. The first-order valence-electron chi connectivity index (χ1n) is 11.9. The molecule has 0 unspecified atom stereocenters. The van der Waals surface area contributed by atoms with Crippen LogP contribution < -0.4 is 10.6 Å². The van der Waals surface area contributed by atoms with Crippen molar-refractivity contribution in [3.05, 3.63) is 83.8 Å². The van der Waals surface area contributed by atoms with Gasteiger partial charge in [0, 0.05) is 11.3 Å². The van der Waals surface area contributed by atoms with Gasteiger partial charge in [-0.2, -0.15) is 0 Å². The zero-order valence-electron chi connectivity index (χ0n) is 20.1. The molecule has 9 nitrogen and oxygen atoms in total. The predicted octanol–water partition coefficient (Wildman–Crippen LogP) is 3.88. The summed E-state index contributed by atoms with van der Waals surface area (Å²) >= 11 is 1.15. The zero-order chi connectivity index (χ0) is 25.8. The zero-order valence-corrected chi connectivity index (χ0v) is 21.0. The molecule has 0 radical (unpaired) electrons. The summed E-state index contributed by atoms with van der Waals surface area (Å²) in [6, 6.07) is 17.7. The average molecular weight is 516 g/mol. The van der Waals surface area contributed by atoms with Gasteiger partial charge < -0.3 is 15.1 Å². The third-order valence-corrected chi connectivity index (χ3v) is 6.88. The van der Waals surface area contributed by atoms with Gasteiger partial charge in [-0.15, -0.1) is 0 Å². The largest absolute Gasteiger partial charge is 0.467 e. The van der Waals surface area contributed by atoms with Crippen molar-refractivity contribution in [2.75, 3.05) is 11.1 Å². The Balaban J connectivity index is 1.27. The van der Waals surface area contributed by atoms with Gasteiger partial charge >= 0.3 is 0 Å². The van der Waals surface area contributed by atoms with E-state index in [0.29, 0.717) is 33.7 Å². The molecule has 0 fully saturated rings. The second-order valence-corrected chi connectivity index (χ2v) is 9.44. The van der Waals surface area contributed by atoms with E-state index in [9.17, 15) is 14.4 Å². The molecule has 188 valence electrons. The second kappa shape index (κ2) is 10.8. The Hall–Kier alpha value is -4.18. The highest BCUT2D eigenvalue weighted by Crippen LogP contribution is 2.34. The van der Waals surface area contributed by atoms with E-state index in [-0.39, 0.29) is 36.4 Å². The summed E-state index contributed by atoms with van der Waals surface area (Å²) in [5.41, 5.74) is 3.26. The Morgan fingerprint density at radius 3 is 2.62 bits per heavy atom. The van der Waals surface area contributed by atoms with Crippen molar-refractivity contribution in [1.82, 2.24) is 10.2 Å². The number of hydrogen-bond donors (Lipinski definition) is 2. The minimum absolute atomic E-state index is 0.0574. The number of rotatable bonds is 8. The molecule has 0 aliphatic carbocycles. The van der Waals surface area contributed by atoms with Gasteiger partial charge in [-0.1, -0.05) is 43.0 Å². The van der Waals surface area contributed by atoms with E-state index < -0.39 is 6.04 Å². The predicted molar refractivity (Wildman–Crippen MR) is 143 cm³/mol. The van der Waals surface area contributed by atoms with Crippen LogP contribution in [0.3, 0.4) is 0 Å². The second-order valence-electron chi connectivity index (χ2n) is 8.50. The molecule has 0 saturated carbocycles. The van der Waals surface area contributed by atoms with Crippen LogP contribution in [-0.2, 0) is 27.3 Å². The fourth-order valence-corrected chi connectivity index (χ4v) is 4.83. The van der Waals surface area contributed by atoms with Gasteiger partial charge in [0.2, 0.25) is 11.8 Å². The van der Waals surface area contributed by atoms with E-state index in [1.54, 1.807) is 12.1 Å². The van der Waals surface area contributed by atoms with Crippen LogP contribution in [0.5, 0.6) is 0 Å². The number of carbonyl (C=O) groups excluding carboxylic acids is 3. The Labute approximate surface area is 218 Å². The van der Waals surface area contributed by atoms with E-state index in [4.69, 9.17) is 4.42 Å². The fraction of sp³-hybridized carbons (Fsp3) is 0.222. The lowest BCUT2D eigenvalue weighted by Gasteiger charge is -2.25. The molecule has 3 aromatic rings. The van der Waals surface area contributed by atoms with Crippen molar-refractivity contribution in [3.63, 3.8) is 0 Å². The number of hydrogen-bond acceptors (Lipinski definition) is 7. The van der Waals surface area contributed by atoms with Crippen LogP contribution in [0.4, 0.5) is 11.4 Å². The molecule has 5 rings (SSSR count). The van der Waals surface area contributed by atoms with E-state index >= 15 is 0 Å². The van der Waals surface area contributed by atoms with Crippen molar-refractivity contribution in [2.45, 2.75) is 32.4 Å². The number of fused-ring (bicyclic) bond motifs is 3. The van der Waals surface area contributed by atoms with E-state index in [1.807, 2.05) is 48.5 Å². The molecule has 1 aromatic heterocycles. The van der Waals surface area contributed by atoms with Crippen LogP contribution in [0.1, 0.15) is 30.2 Å². The van der Waals surface area contributed by atoms with Gasteiger partial charge in [0.05, 0.1) is 30.7 Å². The molecule has 0 spiro atoms. The summed E-state index contributed by atoms with van der Waals surface area (Å²) in [6.45, 7) is 2.30. The van der Waals surface area contributed by atoms with Crippen LogP contribution in [0.25, 0.3) is 0 Å². The SMILES string of the molecule is CCc1ccc(NC(=O)CSC2=Nc3ccccc3C3=N[C@H](CC(=O)NCc4ccco4)C(=O)N23)cc1. The van der Waals surface area contributed by atoms with Gasteiger partial charge in [0.25, 0.3) is 5.91 Å². The van der Waals surface area contributed by atoms with Crippen LogP contribution in [0.15, 0.2) is 81.3 Å². The summed E-state index contributed by atoms with van der Waals surface area (Å²) in [5.74, 6) is 0.245. The van der Waals surface area contributed by atoms with Gasteiger partial charge in [0.1, 0.15) is 17.6 Å². The van der Waals surface area contributed by atoms with Crippen LogP contribution in [-0.4, -0.2) is 45.4 Å². The van der Waals surface area contributed by atoms with Crippen molar-refractivity contribution in [3.8, 4) is 0 Å². The normalized spacial score (nSPS) is 16.0. The molecule has 2 aliphatic heterocycles. The number of amidine groups is 2. The highest BCUT2D eigenvalue weighted by atomic mass is 32.2. The maximum Gasteiger partial charge on any atom is 0.259 e. The van der Waals surface area contributed by atoms with Crippen LogP contribution in [0, 0.1) is 0 Å². The lowest BCUT2D eigenvalue weighted by Crippen LogP contribution is -2.42. The highest BCUT2D eigenvalue weighted by molar-refractivity contribution is 8.14. The Morgan fingerprint density at radius 2 is 1.86 bits per heavy atom. The first-order chi connectivity index (χ1) is 18.0. The number of aliphatic imine (C=N–C) groups is 2. The first kappa shape index (κ1) is 24.5. The number of furan rings is 1. The topological polar surface area (TPSA) is 116 Å². The number of para-hydroxylation sites is 1. The number of anilines is 1. The smallest absolute Gasteiger partial charge is 0.259 e. The lowest BCUT2D eigenvalue weighted by atomic mass is 10.1. The van der Waals surface area contributed by atoms with Gasteiger partial charge in [-0.25, -0.2) is 9.89 Å². The Kier molecular flexibility index (Phi) is 7.18. The monoisotopic (exact) mass is 515 g/mol. The van der Waals surface area contributed by atoms with Crippen molar-refractivity contribution >= 4 is 51.9 Å². The number of aryl methyl sites for hydroxylation is 1. The molecule has 1 atom stereocenters. The molecule has 0 saturated heterocycles. The molecule has 2 aromatic carbocycles. The first-order valence-corrected chi connectivity index (χ1v) is 12.9. The summed E-state index contributed by atoms with van der Waals surface area (Å²) in [7, 11) is 0. The van der Waals surface area contributed by atoms with E-state index in [1.165, 1.54) is 16.7 Å². The number of carbonyl (C=O) groups is 3. The number of thioether (sulfide) groups is 1. The summed E-state index contributed by atoms with van der Waals surface area (Å²) in [4.78, 5) is 49.1. The minimum Gasteiger partial charge on any atom is -0.467 e. The van der Waals surface area contributed by atoms with Gasteiger partial charge in [0.15, 0.2) is 5.17 Å². The quantitative estimate of drug-likeness (QED) is 0.472. The molecule has 2 N–H and O–H groups in total. The van der Waals surface area contributed by atoms with Crippen LogP contribution in [0.2, 0.25) is 0 Å². The summed E-state index contributed by atoms with van der Waals surface area (Å²) in [5, 5.41) is 5.99. The maximum atomic E-state index is 13.3. The average Bonchev–Trinajstić information content (AvgIpc) is 3.55. The highest BCUT2D eigenvalue weighted by Gasteiger charge is 2.42. The Bertz CT molecular complexity index is 1380. The Morgan fingerprint density at radius 1 is 1.05 bits per heavy atom. The number of nitrogens with zero attached hydrogens (tertiary/aromatic N) is 3. The number of nitrogens with one attached hydrogen (secondary N) is 2. The van der Waals surface area contributed by atoms with Crippen molar-refractivity contribution in [2.24, 2.45) is 9.98 Å². The minimum atomic E-state index is -0.880. The van der Waals surface area contributed by atoms with Crippen LogP contribution >= 0.6 is 11.8 Å². The molecule has 37 heavy (non-hydrogen) atoms. The third-order valence-electron chi connectivity index (χ3n) is 5.94. The summed E-state index contributed by atoms with van der Waals surface area (Å²) in [6.07, 6.45) is 2.35. The van der Waals surface area contributed by atoms with Crippen molar-refractivity contribution < 1.29 is 18.8 Å². The van der Waals surface area contributed by atoms with Gasteiger partial charge in [-0.3, -0.25) is 19.4 Å². The van der Waals surface area contributed by atoms with Crippen molar-refractivity contribution in [1.29, 1.82) is 0 Å². The van der Waals surface area contributed by atoms with E-state index in [0.717, 1.165) is 18.2 Å². The standard InChI is InChI=1S/C27H25N5O4S/c1-2-17-9-11-18(12-10-17)29-24(34)16-37-27-31-21-8-4-3-7-20(21)25-30-22(26(35)32(25)27)14-23(33)28-15-19-6-5-13-36-19/h3-13,22H,2,14-16H2,1H3,(H,28,33)(H,29,34)/t22-/m1/s1. The molecule has 3 amide bonds. The summed E-state index contributed by atoms with van der Waals surface area (Å²) < 4.78 is 5.23. The van der Waals surface area contributed by atoms with Gasteiger partial charge in [-0.05, 0) is 48.4 Å². The molecule has 2 aliphatic rings. The fourth-order valence-electron chi connectivity index (χ4n) is 4.03. The number of benzene rings is 2. The molecule has 0 bridgehead atoms.